The zero-order valence-electron chi connectivity index (χ0n) is 26.0. The van der Waals surface area contributed by atoms with Gasteiger partial charge < -0.3 is 24.6 Å². The van der Waals surface area contributed by atoms with Gasteiger partial charge in [0.15, 0.2) is 0 Å². The fourth-order valence-electron chi connectivity index (χ4n) is 12.3. The van der Waals surface area contributed by atoms with Gasteiger partial charge in [-0.3, -0.25) is 4.79 Å². The Kier molecular flexibility index (Phi) is 6.43. The molecule has 2 N–H and O–H groups in total. The molecule has 0 aromatic rings. The number of fused-ring (bicyclic) bond motifs is 4. The second-order valence-corrected chi connectivity index (χ2v) is 16.6. The number of nitrogens with one attached hydrogen (secondary N) is 1. The van der Waals surface area contributed by atoms with E-state index in [1.807, 2.05) is 20.8 Å². The average Bonchev–Trinajstić information content (AvgIpc) is 3.42. The van der Waals surface area contributed by atoms with Crippen molar-refractivity contribution in [1.82, 2.24) is 5.32 Å². The van der Waals surface area contributed by atoms with Crippen molar-refractivity contribution < 1.29 is 24.1 Å². The monoisotopic (exact) mass is 557 g/mol. The van der Waals surface area contributed by atoms with Gasteiger partial charge in [-0.05, 0) is 138 Å². The Balaban J connectivity index is 1.09. The summed E-state index contributed by atoms with van der Waals surface area (Å²) in [6.45, 7) is 14.7. The molecule has 0 radical (unpaired) electrons. The maximum absolute atomic E-state index is 12.8. The van der Waals surface area contributed by atoms with Crippen molar-refractivity contribution in [3.8, 4) is 0 Å². The number of hydrogen-bond acceptors (Lipinski definition) is 6. The van der Waals surface area contributed by atoms with Gasteiger partial charge >= 0.3 is 5.97 Å². The van der Waals surface area contributed by atoms with Crippen LogP contribution in [0.15, 0.2) is 0 Å². The van der Waals surface area contributed by atoms with Crippen LogP contribution in [0.25, 0.3) is 0 Å². The zero-order valence-corrected chi connectivity index (χ0v) is 26.0. The minimum Gasteiger partial charge on any atom is -0.461 e. The quantitative estimate of drug-likeness (QED) is 0.412. The first-order valence-corrected chi connectivity index (χ1v) is 16.8. The van der Waals surface area contributed by atoms with Gasteiger partial charge in [0.2, 0.25) is 0 Å². The molecule has 6 nitrogen and oxygen atoms in total. The Labute approximate surface area is 242 Å². The lowest BCUT2D eigenvalue weighted by Gasteiger charge is -2.59. The average molecular weight is 558 g/mol. The van der Waals surface area contributed by atoms with Gasteiger partial charge in [0.25, 0.3) is 0 Å². The summed E-state index contributed by atoms with van der Waals surface area (Å²) in [4.78, 5) is 12.8. The molecule has 0 bridgehead atoms. The summed E-state index contributed by atoms with van der Waals surface area (Å²) in [5, 5.41) is 14.1. The van der Waals surface area contributed by atoms with Crippen LogP contribution < -0.4 is 5.32 Å². The van der Waals surface area contributed by atoms with Crippen LogP contribution in [-0.4, -0.2) is 60.3 Å². The summed E-state index contributed by atoms with van der Waals surface area (Å²) in [6.07, 6.45) is 13.4. The van der Waals surface area contributed by atoms with E-state index in [1.54, 1.807) is 0 Å². The van der Waals surface area contributed by atoms with E-state index < -0.39 is 5.60 Å². The predicted molar refractivity (Wildman–Crippen MR) is 154 cm³/mol. The molecule has 2 aliphatic heterocycles. The second kappa shape index (κ2) is 9.16. The molecule has 40 heavy (non-hydrogen) atoms. The van der Waals surface area contributed by atoms with Crippen molar-refractivity contribution in [3.63, 3.8) is 0 Å². The summed E-state index contributed by atoms with van der Waals surface area (Å²) in [6, 6.07) is -0.0781. The SMILES string of the molecule is CCOC(C1CCC2C(CC3C4CCC5C(C)(C)C(OC(=O)C6CCN6)CCC56CC46CCC23C)O1)C(C)(C)O. The highest BCUT2D eigenvalue weighted by Crippen LogP contribution is 2.87. The highest BCUT2D eigenvalue weighted by molar-refractivity contribution is 5.77. The third-order valence-corrected chi connectivity index (χ3v) is 14.3. The van der Waals surface area contributed by atoms with Crippen molar-refractivity contribution in [1.29, 1.82) is 0 Å². The molecule has 7 aliphatic rings. The van der Waals surface area contributed by atoms with Crippen LogP contribution in [0.4, 0.5) is 0 Å². The van der Waals surface area contributed by atoms with Crippen LogP contribution in [0.3, 0.4) is 0 Å². The van der Waals surface area contributed by atoms with Crippen LogP contribution >= 0.6 is 0 Å². The largest absolute Gasteiger partial charge is 0.461 e. The van der Waals surface area contributed by atoms with E-state index in [2.05, 4.69) is 26.1 Å². The number of carbonyl (C=O) groups is 1. The topological polar surface area (TPSA) is 77.0 Å². The molecule has 6 heteroatoms. The molecule has 226 valence electrons. The van der Waals surface area contributed by atoms with Gasteiger partial charge in [-0.25, -0.2) is 0 Å². The van der Waals surface area contributed by atoms with E-state index in [1.165, 1.54) is 51.4 Å². The molecule has 5 aliphatic carbocycles. The lowest BCUT2D eigenvalue weighted by atomic mass is 9.46. The molecule has 0 aromatic carbocycles. The van der Waals surface area contributed by atoms with E-state index in [9.17, 15) is 9.90 Å². The Hall–Kier alpha value is -0.690. The van der Waals surface area contributed by atoms with Crippen molar-refractivity contribution in [3.05, 3.63) is 0 Å². The molecule has 2 heterocycles. The van der Waals surface area contributed by atoms with E-state index in [0.717, 1.165) is 37.6 Å². The maximum Gasteiger partial charge on any atom is 0.323 e. The number of ether oxygens (including phenoxy) is 3. The highest BCUT2D eigenvalue weighted by atomic mass is 16.6. The van der Waals surface area contributed by atoms with Gasteiger partial charge in [-0.2, -0.15) is 0 Å². The first-order valence-electron chi connectivity index (χ1n) is 16.8. The molecule has 7 rings (SSSR count). The van der Waals surface area contributed by atoms with Gasteiger partial charge in [-0.1, -0.05) is 20.8 Å². The fraction of sp³-hybridized carbons (Fsp3) is 0.971. The first kappa shape index (κ1) is 28.1. The molecule has 12 unspecified atom stereocenters. The Morgan fingerprint density at radius 3 is 2.42 bits per heavy atom. The minimum absolute atomic E-state index is 0.0177. The molecule has 5 saturated carbocycles. The maximum atomic E-state index is 12.8. The van der Waals surface area contributed by atoms with E-state index in [4.69, 9.17) is 14.2 Å². The van der Waals surface area contributed by atoms with Crippen LogP contribution in [0.2, 0.25) is 0 Å². The van der Waals surface area contributed by atoms with Crippen molar-refractivity contribution in [2.24, 2.45) is 45.3 Å². The summed E-state index contributed by atoms with van der Waals surface area (Å²) in [5.74, 6) is 2.82. The third-order valence-electron chi connectivity index (χ3n) is 14.3. The molecular weight excluding hydrogens is 502 g/mol. The molecule has 0 amide bonds. The molecule has 2 spiro atoms. The standard InChI is InChI=1S/C34H55NO5/c1-7-38-28(31(4,5)37)24-10-8-21-25(39-24)18-22-20-9-11-26-30(2,3)27(40-29(36)23-13-17-35-23)12-14-34(26)19-33(20,34)16-15-32(21,22)6/h20-28,35,37H,7-19H2,1-6H3. The lowest BCUT2D eigenvalue weighted by Crippen LogP contribution is -2.56. The smallest absolute Gasteiger partial charge is 0.323 e. The fourth-order valence-corrected chi connectivity index (χ4v) is 12.3. The molecule has 2 saturated heterocycles. The van der Waals surface area contributed by atoms with Crippen molar-refractivity contribution in [2.75, 3.05) is 13.2 Å². The van der Waals surface area contributed by atoms with E-state index >= 15 is 0 Å². The number of rotatable bonds is 6. The zero-order chi connectivity index (χ0) is 28.3. The predicted octanol–water partition coefficient (Wildman–Crippen LogP) is 5.64. The normalized spacial score (nSPS) is 51.2. The highest BCUT2D eigenvalue weighted by Gasteiger charge is 2.81. The number of aliphatic hydroxyl groups is 1. The van der Waals surface area contributed by atoms with Gasteiger partial charge in [0.1, 0.15) is 18.2 Å². The molecule has 7 fully saturated rings. The molecule has 12 atom stereocenters. The molecular formula is C34H55NO5. The number of hydrogen-bond donors (Lipinski definition) is 2. The molecule has 0 aromatic heterocycles. The Bertz CT molecular complexity index is 1020. The number of carbonyl (C=O) groups excluding carboxylic acids is 1. The summed E-state index contributed by atoms with van der Waals surface area (Å²) in [5.41, 5.74) is 0.459. The lowest BCUT2D eigenvalue weighted by molar-refractivity contribution is -0.193. The first-order chi connectivity index (χ1) is 18.9. The van der Waals surface area contributed by atoms with E-state index in [0.29, 0.717) is 40.8 Å². The van der Waals surface area contributed by atoms with Gasteiger partial charge in [0.05, 0.1) is 17.8 Å². The Morgan fingerprint density at radius 2 is 1.75 bits per heavy atom. The summed E-state index contributed by atoms with van der Waals surface area (Å²) >= 11 is 0. The minimum atomic E-state index is -0.903. The third kappa shape index (κ3) is 3.76. The second-order valence-electron chi connectivity index (χ2n) is 16.6. The van der Waals surface area contributed by atoms with Crippen LogP contribution in [0.1, 0.15) is 112 Å². The van der Waals surface area contributed by atoms with Crippen LogP contribution in [0, 0.1) is 45.3 Å². The van der Waals surface area contributed by atoms with E-state index in [-0.39, 0.29) is 35.7 Å². The van der Waals surface area contributed by atoms with Gasteiger partial charge in [-0.15, -0.1) is 0 Å². The van der Waals surface area contributed by atoms with Gasteiger partial charge in [0, 0.05) is 12.0 Å². The van der Waals surface area contributed by atoms with Crippen LogP contribution in [-0.2, 0) is 19.0 Å². The van der Waals surface area contributed by atoms with Crippen molar-refractivity contribution >= 4 is 5.97 Å². The van der Waals surface area contributed by atoms with Crippen LogP contribution in [0.5, 0.6) is 0 Å². The Morgan fingerprint density at radius 1 is 1.00 bits per heavy atom. The van der Waals surface area contributed by atoms with Crippen molar-refractivity contribution in [2.45, 2.75) is 148 Å². The number of esters is 1. The summed E-state index contributed by atoms with van der Waals surface area (Å²) < 4.78 is 19.2. The summed E-state index contributed by atoms with van der Waals surface area (Å²) in [7, 11) is 0.